The van der Waals surface area contributed by atoms with Crippen LogP contribution >= 0.6 is 11.3 Å². The van der Waals surface area contributed by atoms with Gasteiger partial charge in [0.2, 0.25) is 0 Å². The molecule has 0 aliphatic rings. The molecule has 0 saturated heterocycles. The number of pyridine rings is 1. The zero-order valence-corrected chi connectivity index (χ0v) is 12.7. The number of rotatable bonds is 2. The molecule has 2 heterocycles. The number of nitrogens with zero attached hydrogens (tertiary/aromatic N) is 2. The summed E-state index contributed by atoms with van der Waals surface area (Å²) in [4.78, 5) is 27.9. The maximum atomic E-state index is 12.0. The van der Waals surface area contributed by atoms with E-state index < -0.39 is 0 Å². The average Bonchev–Trinajstić information content (AvgIpc) is 2.81. The lowest BCUT2D eigenvalue weighted by Gasteiger charge is -2.14. The van der Waals surface area contributed by atoms with E-state index in [0.29, 0.717) is 10.7 Å². The first-order valence-electron chi connectivity index (χ1n) is 6.21. The molecule has 0 radical (unpaired) electrons. The Labute approximate surface area is 121 Å². The molecular weight excluding hydrogens is 274 g/mol. The Balaban J connectivity index is 2.17. The van der Waals surface area contributed by atoms with Gasteiger partial charge in [-0.15, -0.1) is 11.3 Å². The molecule has 0 spiro atoms. The van der Waals surface area contributed by atoms with Crippen molar-refractivity contribution in [3.63, 3.8) is 0 Å². The molecule has 106 valence electrons. The molecule has 0 aliphatic heterocycles. The Kier molecular flexibility index (Phi) is 3.76. The number of thiazole rings is 1. The molecule has 20 heavy (non-hydrogen) atoms. The lowest BCUT2D eigenvalue weighted by atomic mass is 9.93. The van der Waals surface area contributed by atoms with Crippen molar-refractivity contribution in [1.29, 1.82) is 0 Å². The van der Waals surface area contributed by atoms with Gasteiger partial charge in [0.1, 0.15) is 0 Å². The molecule has 0 unspecified atom stereocenters. The fraction of sp³-hybridized carbons (Fsp3) is 0.357. The summed E-state index contributed by atoms with van der Waals surface area (Å²) in [5.74, 6) is -0.322. The molecule has 1 N–H and O–H groups in total. The second kappa shape index (κ2) is 5.20. The molecule has 2 aromatic rings. The van der Waals surface area contributed by atoms with Gasteiger partial charge in [0.05, 0.1) is 5.69 Å². The van der Waals surface area contributed by atoms with Gasteiger partial charge in [-0.05, 0) is 6.07 Å². The quantitative estimate of drug-likeness (QED) is 0.924. The van der Waals surface area contributed by atoms with Gasteiger partial charge in [0.25, 0.3) is 11.5 Å². The predicted molar refractivity (Wildman–Crippen MR) is 80.5 cm³/mol. The highest BCUT2D eigenvalue weighted by molar-refractivity contribution is 7.14. The van der Waals surface area contributed by atoms with Crippen LogP contribution in [0.15, 0.2) is 28.5 Å². The summed E-state index contributed by atoms with van der Waals surface area (Å²) in [7, 11) is 1.64. The maximum Gasteiger partial charge on any atom is 0.257 e. The SMILES string of the molecule is Cn1ccc(C(=O)Nc2nc(C(C)(C)C)cs2)cc1=O. The van der Waals surface area contributed by atoms with Crippen LogP contribution in [0.1, 0.15) is 36.8 Å². The van der Waals surface area contributed by atoms with E-state index in [1.807, 2.05) is 5.38 Å². The van der Waals surface area contributed by atoms with Crippen molar-refractivity contribution >= 4 is 22.4 Å². The van der Waals surface area contributed by atoms with E-state index in [1.165, 1.54) is 22.0 Å². The summed E-state index contributed by atoms with van der Waals surface area (Å²) in [6.45, 7) is 6.19. The van der Waals surface area contributed by atoms with Crippen LogP contribution in [-0.4, -0.2) is 15.5 Å². The monoisotopic (exact) mass is 291 g/mol. The summed E-state index contributed by atoms with van der Waals surface area (Å²) >= 11 is 1.38. The maximum absolute atomic E-state index is 12.0. The van der Waals surface area contributed by atoms with Crippen molar-refractivity contribution in [2.75, 3.05) is 5.32 Å². The van der Waals surface area contributed by atoms with Crippen LogP contribution in [0.25, 0.3) is 0 Å². The minimum atomic E-state index is -0.322. The third kappa shape index (κ3) is 3.14. The highest BCUT2D eigenvalue weighted by Gasteiger charge is 2.18. The summed E-state index contributed by atoms with van der Waals surface area (Å²) in [5, 5.41) is 5.19. The van der Waals surface area contributed by atoms with Gasteiger partial charge in [-0.25, -0.2) is 4.98 Å². The number of aromatic nitrogens is 2. The standard InChI is InChI=1S/C14H17N3O2S/c1-14(2,3)10-8-20-13(15-10)16-12(19)9-5-6-17(4)11(18)7-9/h5-8H,1-4H3,(H,15,16,19). The molecule has 1 amide bonds. The number of hydrogen-bond acceptors (Lipinski definition) is 4. The van der Waals surface area contributed by atoms with Crippen LogP contribution in [0.3, 0.4) is 0 Å². The Morgan fingerprint density at radius 2 is 2.10 bits per heavy atom. The van der Waals surface area contributed by atoms with Gasteiger partial charge in [0.15, 0.2) is 5.13 Å². The van der Waals surface area contributed by atoms with E-state index in [4.69, 9.17) is 0 Å². The van der Waals surface area contributed by atoms with Crippen LogP contribution in [0, 0.1) is 0 Å². The first kappa shape index (κ1) is 14.5. The summed E-state index contributed by atoms with van der Waals surface area (Å²) in [5.41, 5.74) is 0.997. The van der Waals surface area contributed by atoms with Gasteiger partial charge in [0, 0.05) is 35.7 Å². The molecule has 0 saturated carbocycles. The van der Waals surface area contributed by atoms with Crippen molar-refractivity contribution in [2.45, 2.75) is 26.2 Å². The minimum absolute atomic E-state index is 0.0534. The second-order valence-electron chi connectivity index (χ2n) is 5.61. The second-order valence-corrected chi connectivity index (χ2v) is 6.46. The van der Waals surface area contributed by atoms with Gasteiger partial charge >= 0.3 is 0 Å². The fourth-order valence-electron chi connectivity index (χ4n) is 1.53. The van der Waals surface area contributed by atoms with Gasteiger partial charge in [-0.3, -0.25) is 14.9 Å². The Hall–Kier alpha value is -1.95. The van der Waals surface area contributed by atoms with E-state index in [9.17, 15) is 9.59 Å². The predicted octanol–water partition coefficient (Wildman–Crippen LogP) is 2.39. The first-order chi connectivity index (χ1) is 9.27. The Bertz CT molecular complexity index is 695. The van der Waals surface area contributed by atoms with Crippen molar-refractivity contribution in [3.05, 3.63) is 45.3 Å². The highest BCUT2D eigenvalue weighted by Crippen LogP contribution is 2.26. The molecule has 0 atom stereocenters. The largest absolute Gasteiger partial charge is 0.319 e. The number of aryl methyl sites for hydroxylation is 1. The van der Waals surface area contributed by atoms with Crippen molar-refractivity contribution in [1.82, 2.24) is 9.55 Å². The van der Waals surface area contributed by atoms with Crippen molar-refractivity contribution in [2.24, 2.45) is 7.05 Å². The zero-order chi connectivity index (χ0) is 14.9. The van der Waals surface area contributed by atoms with Gasteiger partial charge in [-0.1, -0.05) is 20.8 Å². The van der Waals surface area contributed by atoms with Crippen LogP contribution in [-0.2, 0) is 12.5 Å². The smallest absolute Gasteiger partial charge is 0.257 e. The summed E-state index contributed by atoms with van der Waals surface area (Å²) in [6, 6.07) is 2.92. The van der Waals surface area contributed by atoms with Gasteiger partial charge in [-0.2, -0.15) is 0 Å². The molecular formula is C14H17N3O2S. The Morgan fingerprint density at radius 3 is 2.65 bits per heavy atom. The zero-order valence-electron chi connectivity index (χ0n) is 11.9. The molecule has 0 fully saturated rings. The third-order valence-electron chi connectivity index (χ3n) is 2.86. The fourth-order valence-corrected chi connectivity index (χ4v) is 2.47. The lowest BCUT2D eigenvalue weighted by molar-refractivity contribution is 0.102. The number of hydrogen-bond donors (Lipinski definition) is 1. The minimum Gasteiger partial charge on any atom is -0.319 e. The molecule has 2 aromatic heterocycles. The number of nitrogens with one attached hydrogen (secondary N) is 1. The van der Waals surface area contributed by atoms with E-state index >= 15 is 0 Å². The molecule has 5 nitrogen and oxygen atoms in total. The average molecular weight is 291 g/mol. The lowest BCUT2D eigenvalue weighted by Crippen LogP contribution is -2.20. The Morgan fingerprint density at radius 1 is 1.40 bits per heavy atom. The van der Waals surface area contributed by atoms with Crippen LogP contribution in [0.4, 0.5) is 5.13 Å². The molecule has 6 heteroatoms. The number of amides is 1. The van der Waals surface area contributed by atoms with E-state index in [1.54, 1.807) is 19.3 Å². The van der Waals surface area contributed by atoms with E-state index in [0.717, 1.165) is 5.69 Å². The van der Waals surface area contributed by atoms with Gasteiger partial charge < -0.3 is 4.57 Å². The van der Waals surface area contributed by atoms with Crippen LogP contribution in [0.5, 0.6) is 0 Å². The molecule has 0 aromatic carbocycles. The van der Waals surface area contributed by atoms with E-state index in [2.05, 4.69) is 31.1 Å². The highest BCUT2D eigenvalue weighted by atomic mass is 32.1. The van der Waals surface area contributed by atoms with Crippen molar-refractivity contribution < 1.29 is 4.79 Å². The van der Waals surface area contributed by atoms with E-state index in [-0.39, 0.29) is 16.9 Å². The van der Waals surface area contributed by atoms with Crippen molar-refractivity contribution in [3.8, 4) is 0 Å². The molecule has 0 bridgehead atoms. The third-order valence-corrected chi connectivity index (χ3v) is 3.62. The normalized spacial score (nSPS) is 11.4. The molecule has 0 aliphatic carbocycles. The molecule has 2 rings (SSSR count). The number of carbonyl (C=O) groups is 1. The topological polar surface area (TPSA) is 64.0 Å². The number of anilines is 1. The first-order valence-corrected chi connectivity index (χ1v) is 7.09. The summed E-state index contributed by atoms with van der Waals surface area (Å²) in [6.07, 6.45) is 1.57. The van der Waals surface area contributed by atoms with Crippen LogP contribution < -0.4 is 10.9 Å². The number of carbonyl (C=O) groups excluding carboxylic acids is 1. The summed E-state index contributed by atoms with van der Waals surface area (Å²) < 4.78 is 1.41. The van der Waals surface area contributed by atoms with Crippen LogP contribution in [0.2, 0.25) is 0 Å².